The molecule has 34 heavy (non-hydrogen) atoms. The predicted octanol–water partition coefficient (Wildman–Crippen LogP) is 5.58. The van der Waals surface area contributed by atoms with Gasteiger partial charge in [0.05, 0.1) is 5.41 Å². The zero-order valence-corrected chi connectivity index (χ0v) is 18.6. The van der Waals surface area contributed by atoms with E-state index in [9.17, 15) is 18.4 Å². The van der Waals surface area contributed by atoms with Gasteiger partial charge in [-0.1, -0.05) is 37.8 Å². The van der Waals surface area contributed by atoms with E-state index >= 15 is 0 Å². The van der Waals surface area contributed by atoms with Gasteiger partial charge < -0.3 is 15.2 Å². The third-order valence-corrected chi connectivity index (χ3v) is 5.99. The number of carbonyl (C=O) groups excluding carboxylic acids is 2. The van der Waals surface area contributed by atoms with Crippen LogP contribution in [0.5, 0.6) is 0 Å². The van der Waals surface area contributed by atoms with Crippen molar-refractivity contribution in [1.29, 1.82) is 0 Å². The van der Waals surface area contributed by atoms with Crippen molar-refractivity contribution >= 4 is 23.1 Å². The number of aryl methyl sites for hydroxylation is 1. The van der Waals surface area contributed by atoms with Crippen LogP contribution in [0.2, 0.25) is 0 Å². The number of hydrogen-bond donors (Lipinski definition) is 2. The molecule has 0 saturated heterocycles. The number of carbonyl (C=O) groups is 2. The Hall–Kier alpha value is -3.55. The summed E-state index contributed by atoms with van der Waals surface area (Å²) in [5, 5.41) is 5.96. The molecule has 1 aliphatic carbocycles. The van der Waals surface area contributed by atoms with E-state index in [1.165, 1.54) is 6.07 Å². The van der Waals surface area contributed by atoms with E-state index in [4.69, 9.17) is 0 Å². The lowest BCUT2D eigenvalue weighted by Crippen LogP contribution is -2.33. The van der Waals surface area contributed by atoms with Gasteiger partial charge >= 0.3 is 0 Å². The molecule has 1 heterocycles. The first-order valence-corrected chi connectivity index (χ1v) is 10.8. The second-order valence-electron chi connectivity index (χ2n) is 8.68. The summed E-state index contributed by atoms with van der Waals surface area (Å²) in [5.41, 5.74) is 1.16. The summed E-state index contributed by atoms with van der Waals surface area (Å²) in [6.45, 7) is 1.19. The number of para-hydroxylation sites is 1. The van der Waals surface area contributed by atoms with Gasteiger partial charge in [-0.25, -0.2) is 13.8 Å². The first kappa shape index (κ1) is 25.1. The Morgan fingerprint density at radius 3 is 2.38 bits per heavy atom. The molecule has 6 nitrogen and oxygen atoms in total. The fraction of sp³-hybridized carbons (Fsp3) is 0.346. The molecule has 1 amide bonds. The molecular weight excluding hydrogens is 438 g/mol. The monoisotopic (exact) mass is 468 g/mol. The smallest absolute Gasteiger partial charge is 0.272 e. The average molecular weight is 469 g/mol. The Morgan fingerprint density at radius 2 is 1.79 bits per heavy atom. The van der Waals surface area contributed by atoms with Crippen LogP contribution in [-0.2, 0) is 24.3 Å². The van der Waals surface area contributed by atoms with Crippen LogP contribution in [0.1, 0.15) is 55.4 Å². The van der Waals surface area contributed by atoms with Crippen molar-refractivity contribution in [3.63, 3.8) is 0 Å². The Bertz CT molecular complexity index is 1160. The van der Waals surface area contributed by atoms with E-state index < -0.39 is 11.3 Å². The Labute approximate surface area is 198 Å². The SMILES string of the molecule is C.Cn1ccnc1C(=O)CC1(C(=O)NCc2ccc(Nc3ccccc3C(C)(F)F)cc2)CC1. The Morgan fingerprint density at radius 1 is 1.12 bits per heavy atom. The maximum absolute atomic E-state index is 13.8. The molecule has 1 saturated carbocycles. The highest BCUT2D eigenvalue weighted by molar-refractivity contribution is 5.98. The molecule has 0 bridgehead atoms. The number of nitrogens with one attached hydrogen (secondary N) is 2. The molecule has 2 N–H and O–H groups in total. The van der Waals surface area contributed by atoms with Crippen molar-refractivity contribution in [2.75, 3.05) is 5.32 Å². The number of amides is 1. The summed E-state index contributed by atoms with van der Waals surface area (Å²) < 4.78 is 29.3. The number of imidazole rings is 1. The molecule has 0 atom stereocenters. The second kappa shape index (κ2) is 9.75. The minimum Gasteiger partial charge on any atom is -0.355 e. The molecule has 1 aromatic heterocycles. The Balaban J connectivity index is 0.00000324. The largest absolute Gasteiger partial charge is 0.355 e. The molecule has 1 aliphatic rings. The lowest BCUT2D eigenvalue weighted by molar-refractivity contribution is -0.126. The van der Waals surface area contributed by atoms with Crippen LogP contribution in [0.4, 0.5) is 20.2 Å². The summed E-state index contributed by atoms with van der Waals surface area (Å²) in [5.74, 6) is -2.86. The molecule has 180 valence electrons. The number of anilines is 2. The molecule has 3 aromatic rings. The lowest BCUT2D eigenvalue weighted by atomic mass is 9.97. The molecule has 4 rings (SSSR count). The van der Waals surface area contributed by atoms with Gasteiger partial charge in [-0.3, -0.25) is 9.59 Å². The normalized spacial score (nSPS) is 14.1. The number of Topliss-reactive ketones (excluding diaryl/α,β-unsaturated/α-hetero) is 1. The van der Waals surface area contributed by atoms with Crippen molar-refractivity contribution in [2.45, 2.75) is 46.1 Å². The van der Waals surface area contributed by atoms with Crippen LogP contribution < -0.4 is 10.6 Å². The summed E-state index contributed by atoms with van der Waals surface area (Å²) in [6.07, 6.45) is 4.78. The van der Waals surface area contributed by atoms with E-state index in [0.29, 0.717) is 36.6 Å². The third-order valence-electron chi connectivity index (χ3n) is 5.99. The molecular formula is C26H30F2N4O2. The van der Waals surface area contributed by atoms with E-state index in [1.807, 2.05) is 12.1 Å². The highest BCUT2D eigenvalue weighted by atomic mass is 19.3. The number of rotatable bonds is 9. The molecule has 1 fully saturated rings. The minimum absolute atomic E-state index is 0. The van der Waals surface area contributed by atoms with Gasteiger partial charge in [0, 0.05) is 56.3 Å². The average Bonchev–Trinajstić information content (AvgIpc) is 3.43. The number of aromatic nitrogens is 2. The van der Waals surface area contributed by atoms with Gasteiger partial charge in [-0.05, 0) is 36.6 Å². The Kier molecular flexibility index (Phi) is 7.19. The van der Waals surface area contributed by atoms with Gasteiger partial charge in [-0.15, -0.1) is 0 Å². The number of nitrogens with zero attached hydrogens (tertiary/aromatic N) is 2. The fourth-order valence-electron chi connectivity index (χ4n) is 3.86. The highest BCUT2D eigenvalue weighted by Gasteiger charge is 2.51. The van der Waals surface area contributed by atoms with Gasteiger partial charge in [0.25, 0.3) is 5.92 Å². The number of ketones is 1. The van der Waals surface area contributed by atoms with Gasteiger partial charge in [0.1, 0.15) is 0 Å². The molecule has 2 aromatic carbocycles. The lowest BCUT2D eigenvalue weighted by Gasteiger charge is -2.17. The van der Waals surface area contributed by atoms with Crippen molar-refractivity contribution in [3.05, 3.63) is 77.9 Å². The molecule has 0 radical (unpaired) electrons. The minimum atomic E-state index is -2.95. The molecule has 0 aliphatic heterocycles. The van der Waals surface area contributed by atoms with Crippen LogP contribution >= 0.6 is 0 Å². The van der Waals surface area contributed by atoms with Crippen molar-refractivity contribution in [2.24, 2.45) is 12.5 Å². The number of hydrogen-bond acceptors (Lipinski definition) is 4. The number of alkyl halides is 2. The van der Waals surface area contributed by atoms with Gasteiger partial charge in [-0.2, -0.15) is 0 Å². The van der Waals surface area contributed by atoms with Crippen molar-refractivity contribution < 1.29 is 18.4 Å². The predicted molar refractivity (Wildman–Crippen MR) is 128 cm³/mol. The maximum atomic E-state index is 13.8. The zero-order chi connectivity index (χ0) is 23.6. The number of halogens is 2. The van der Waals surface area contributed by atoms with Crippen LogP contribution in [0.25, 0.3) is 0 Å². The van der Waals surface area contributed by atoms with Crippen molar-refractivity contribution in [1.82, 2.24) is 14.9 Å². The van der Waals surface area contributed by atoms with Gasteiger partial charge in [0.2, 0.25) is 5.91 Å². The highest BCUT2D eigenvalue weighted by Crippen LogP contribution is 2.49. The zero-order valence-electron chi connectivity index (χ0n) is 18.6. The standard InChI is InChI=1S/C25H26F2N4O2.CH4/c1-24(26,27)19-5-3-4-6-20(19)30-18-9-7-17(8-10-18)16-29-23(33)25(11-12-25)15-21(32)22-28-13-14-31(22)2;/h3-10,13-14,30H,11-12,15-16H2,1-2H3,(H,29,33);1H4. The first-order valence-electron chi connectivity index (χ1n) is 10.8. The third kappa shape index (κ3) is 5.50. The van der Waals surface area contributed by atoms with Crippen LogP contribution in [0.15, 0.2) is 60.9 Å². The van der Waals surface area contributed by atoms with E-state index in [1.54, 1.807) is 54.3 Å². The number of benzene rings is 2. The molecule has 8 heteroatoms. The van der Waals surface area contributed by atoms with E-state index in [-0.39, 0.29) is 31.1 Å². The summed E-state index contributed by atoms with van der Waals surface area (Å²) in [4.78, 5) is 29.3. The topological polar surface area (TPSA) is 76.0 Å². The summed E-state index contributed by atoms with van der Waals surface area (Å²) in [7, 11) is 1.75. The van der Waals surface area contributed by atoms with E-state index in [0.717, 1.165) is 12.5 Å². The van der Waals surface area contributed by atoms with Crippen LogP contribution in [0, 0.1) is 5.41 Å². The quantitative estimate of drug-likeness (QED) is 0.402. The molecule has 0 spiro atoms. The maximum Gasteiger partial charge on any atom is 0.272 e. The molecule has 0 unspecified atom stereocenters. The summed E-state index contributed by atoms with van der Waals surface area (Å²) in [6, 6.07) is 13.5. The fourth-order valence-corrected chi connectivity index (χ4v) is 3.86. The van der Waals surface area contributed by atoms with Crippen LogP contribution in [-0.4, -0.2) is 21.2 Å². The summed E-state index contributed by atoms with van der Waals surface area (Å²) >= 11 is 0. The first-order chi connectivity index (χ1) is 15.7. The second-order valence-corrected chi connectivity index (χ2v) is 8.68. The van der Waals surface area contributed by atoms with Crippen molar-refractivity contribution in [3.8, 4) is 0 Å². The van der Waals surface area contributed by atoms with Crippen LogP contribution in [0.3, 0.4) is 0 Å². The van der Waals surface area contributed by atoms with Gasteiger partial charge in [0.15, 0.2) is 11.6 Å². The van der Waals surface area contributed by atoms with E-state index in [2.05, 4.69) is 15.6 Å².